The van der Waals surface area contributed by atoms with Gasteiger partial charge in [0.15, 0.2) is 5.82 Å². The third kappa shape index (κ3) is 3.77. The number of aromatic amines is 1. The van der Waals surface area contributed by atoms with Gasteiger partial charge in [0.05, 0.1) is 18.7 Å². The Morgan fingerprint density at radius 2 is 2.15 bits per heavy atom. The maximum atomic E-state index is 13.6. The molecule has 0 aliphatic heterocycles. The van der Waals surface area contributed by atoms with Crippen molar-refractivity contribution in [1.29, 1.82) is 0 Å². The number of aliphatic hydroxyl groups is 1. The number of hydrogen-bond acceptors (Lipinski definition) is 3. The number of nitrogens with one attached hydrogen (secondary N) is 1. The second-order valence-corrected chi connectivity index (χ2v) is 5.03. The number of para-hydroxylation sites is 1. The van der Waals surface area contributed by atoms with E-state index in [1.54, 1.807) is 6.07 Å². The molecule has 0 spiro atoms. The molecule has 2 aromatic rings. The third-order valence-corrected chi connectivity index (χ3v) is 3.38. The zero-order valence-electron chi connectivity index (χ0n) is 11.9. The van der Waals surface area contributed by atoms with Crippen LogP contribution in [0.1, 0.15) is 32.0 Å². The van der Waals surface area contributed by atoms with E-state index in [-0.39, 0.29) is 12.4 Å². The Kier molecular flexibility index (Phi) is 5.49. The van der Waals surface area contributed by atoms with Crippen LogP contribution >= 0.6 is 0 Å². The van der Waals surface area contributed by atoms with E-state index in [1.807, 2.05) is 6.07 Å². The van der Waals surface area contributed by atoms with Gasteiger partial charge < -0.3 is 10.1 Å². The highest BCUT2D eigenvalue weighted by Crippen LogP contribution is 2.16. The van der Waals surface area contributed by atoms with Crippen molar-refractivity contribution in [2.24, 2.45) is 0 Å². The first-order chi connectivity index (χ1) is 9.74. The predicted molar refractivity (Wildman–Crippen MR) is 77.9 cm³/mol. The Hall–Kier alpha value is -1.46. The number of fused-ring (bicyclic) bond motifs is 1. The Balaban J connectivity index is 2.05. The molecule has 0 fully saturated rings. The topological polar surface area (TPSA) is 52.1 Å². The largest absolute Gasteiger partial charge is 0.395 e. The fraction of sp³-hybridized carbons (Fsp3) is 0.533. The Bertz CT molecular complexity index is 541. The van der Waals surface area contributed by atoms with Crippen LogP contribution in [0.4, 0.5) is 4.39 Å². The van der Waals surface area contributed by atoms with Gasteiger partial charge in [-0.3, -0.25) is 4.90 Å². The minimum absolute atomic E-state index is 0.126. The van der Waals surface area contributed by atoms with Crippen molar-refractivity contribution in [2.45, 2.75) is 32.7 Å². The number of unbranched alkanes of at least 4 members (excludes halogenated alkanes) is 2. The molecule has 0 saturated heterocycles. The molecule has 0 bridgehead atoms. The maximum absolute atomic E-state index is 13.6. The van der Waals surface area contributed by atoms with Crippen molar-refractivity contribution in [1.82, 2.24) is 14.9 Å². The molecule has 1 aromatic heterocycles. The highest BCUT2D eigenvalue weighted by atomic mass is 19.1. The van der Waals surface area contributed by atoms with Crippen molar-refractivity contribution >= 4 is 11.0 Å². The van der Waals surface area contributed by atoms with Gasteiger partial charge in [-0.25, -0.2) is 9.37 Å². The second-order valence-electron chi connectivity index (χ2n) is 5.03. The number of nitrogens with zero attached hydrogens (tertiary/aromatic N) is 2. The fourth-order valence-corrected chi connectivity index (χ4v) is 2.33. The monoisotopic (exact) mass is 279 g/mol. The molecule has 20 heavy (non-hydrogen) atoms. The number of hydrogen-bond donors (Lipinski definition) is 2. The molecule has 1 heterocycles. The zero-order valence-corrected chi connectivity index (χ0v) is 11.9. The standard InChI is InChI=1S/C15H22FN3O/c1-2-3-4-8-19(9-10-20)11-14-17-13-7-5-6-12(16)15(13)18-14/h5-7,20H,2-4,8-11H2,1H3,(H,17,18). The van der Waals surface area contributed by atoms with E-state index >= 15 is 0 Å². The number of rotatable bonds is 8. The van der Waals surface area contributed by atoms with E-state index in [1.165, 1.54) is 18.9 Å². The molecule has 0 unspecified atom stereocenters. The van der Waals surface area contributed by atoms with Crippen LogP contribution in [-0.4, -0.2) is 39.7 Å². The first kappa shape index (κ1) is 14.9. The van der Waals surface area contributed by atoms with Crippen molar-refractivity contribution in [3.05, 3.63) is 29.8 Å². The summed E-state index contributed by atoms with van der Waals surface area (Å²) in [7, 11) is 0. The number of aliphatic hydroxyl groups excluding tert-OH is 1. The quantitative estimate of drug-likeness (QED) is 0.730. The number of H-pyrrole nitrogens is 1. The molecule has 2 N–H and O–H groups in total. The molecular weight excluding hydrogens is 257 g/mol. The SMILES string of the molecule is CCCCCN(CCO)Cc1nc2c(F)cccc2[nH]1. The Morgan fingerprint density at radius 1 is 1.30 bits per heavy atom. The normalized spacial score (nSPS) is 11.6. The maximum Gasteiger partial charge on any atom is 0.151 e. The summed E-state index contributed by atoms with van der Waals surface area (Å²) in [5.41, 5.74) is 1.11. The van der Waals surface area contributed by atoms with Gasteiger partial charge in [-0.1, -0.05) is 25.8 Å². The van der Waals surface area contributed by atoms with Crippen LogP contribution < -0.4 is 0 Å². The molecule has 0 atom stereocenters. The lowest BCUT2D eigenvalue weighted by Gasteiger charge is -2.19. The van der Waals surface area contributed by atoms with Crippen LogP contribution in [0.2, 0.25) is 0 Å². The molecule has 4 nitrogen and oxygen atoms in total. The lowest BCUT2D eigenvalue weighted by Crippen LogP contribution is -2.28. The average molecular weight is 279 g/mol. The van der Waals surface area contributed by atoms with Crippen LogP contribution in [0.25, 0.3) is 11.0 Å². The number of aromatic nitrogens is 2. The fourth-order valence-electron chi connectivity index (χ4n) is 2.33. The van der Waals surface area contributed by atoms with E-state index in [0.29, 0.717) is 18.6 Å². The predicted octanol–water partition coefficient (Wildman–Crippen LogP) is 2.69. The summed E-state index contributed by atoms with van der Waals surface area (Å²) in [6.07, 6.45) is 3.45. The number of imidazole rings is 1. The van der Waals surface area contributed by atoms with Crippen molar-refractivity contribution in [2.75, 3.05) is 19.7 Å². The van der Waals surface area contributed by atoms with Crippen molar-refractivity contribution in [3.63, 3.8) is 0 Å². The summed E-state index contributed by atoms with van der Waals surface area (Å²) in [6.45, 7) is 4.44. The molecular formula is C15H22FN3O. The number of benzene rings is 1. The van der Waals surface area contributed by atoms with Crippen LogP contribution in [-0.2, 0) is 6.54 Å². The van der Waals surface area contributed by atoms with Crippen LogP contribution in [0.15, 0.2) is 18.2 Å². The van der Waals surface area contributed by atoms with Crippen LogP contribution in [0, 0.1) is 5.82 Å². The van der Waals surface area contributed by atoms with Gasteiger partial charge in [0.1, 0.15) is 11.3 Å². The van der Waals surface area contributed by atoms with Gasteiger partial charge >= 0.3 is 0 Å². The van der Waals surface area contributed by atoms with Crippen molar-refractivity contribution in [3.8, 4) is 0 Å². The Labute approximate surface area is 118 Å². The lowest BCUT2D eigenvalue weighted by atomic mass is 10.2. The molecule has 0 saturated carbocycles. The van der Waals surface area contributed by atoms with Gasteiger partial charge in [0.25, 0.3) is 0 Å². The van der Waals surface area contributed by atoms with Gasteiger partial charge in [0, 0.05) is 6.54 Å². The van der Waals surface area contributed by atoms with E-state index in [2.05, 4.69) is 21.8 Å². The summed E-state index contributed by atoms with van der Waals surface area (Å²) in [5, 5.41) is 9.12. The highest BCUT2D eigenvalue weighted by molar-refractivity contribution is 5.75. The molecule has 0 radical (unpaired) electrons. The minimum Gasteiger partial charge on any atom is -0.395 e. The summed E-state index contributed by atoms with van der Waals surface area (Å²) in [5.74, 6) is 0.444. The summed E-state index contributed by atoms with van der Waals surface area (Å²) >= 11 is 0. The molecule has 110 valence electrons. The molecule has 0 aliphatic carbocycles. The molecule has 5 heteroatoms. The average Bonchev–Trinajstić information content (AvgIpc) is 2.83. The summed E-state index contributed by atoms with van der Waals surface area (Å²) in [4.78, 5) is 9.59. The Morgan fingerprint density at radius 3 is 2.85 bits per heavy atom. The minimum atomic E-state index is -0.301. The summed E-state index contributed by atoms with van der Waals surface area (Å²) < 4.78 is 13.6. The van der Waals surface area contributed by atoms with Gasteiger partial charge in [-0.15, -0.1) is 0 Å². The molecule has 1 aromatic carbocycles. The van der Waals surface area contributed by atoms with Gasteiger partial charge in [0.2, 0.25) is 0 Å². The van der Waals surface area contributed by atoms with Gasteiger partial charge in [-0.05, 0) is 25.1 Å². The van der Waals surface area contributed by atoms with Crippen LogP contribution in [0.3, 0.4) is 0 Å². The smallest absolute Gasteiger partial charge is 0.151 e. The molecule has 2 rings (SSSR count). The molecule has 0 amide bonds. The van der Waals surface area contributed by atoms with E-state index in [9.17, 15) is 4.39 Å². The summed E-state index contributed by atoms with van der Waals surface area (Å²) in [6, 6.07) is 4.91. The van der Waals surface area contributed by atoms with Crippen LogP contribution in [0.5, 0.6) is 0 Å². The lowest BCUT2D eigenvalue weighted by molar-refractivity contribution is 0.185. The first-order valence-electron chi connectivity index (χ1n) is 7.21. The van der Waals surface area contributed by atoms with E-state index in [0.717, 1.165) is 24.3 Å². The zero-order chi connectivity index (χ0) is 14.4. The van der Waals surface area contributed by atoms with Gasteiger partial charge in [-0.2, -0.15) is 0 Å². The van der Waals surface area contributed by atoms with E-state index in [4.69, 9.17) is 5.11 Å². The van der Waals surface area contributed by atoms with E-state index < -0.39 is 0 Å². The third-order valence-electron chi connectivity index (χ3n) is 3.38. The second kappa shape index (κ2) is 7.36. The first-order valence-corrected chi connectivity index (χ1v) is 7.21. The number of halogens is 1. The highest BCUT2D eigenvalue weighted by Gasteiger charge is 2.11. The van der Waals surface area contributed by atoms with Crippen molar-refractivity contribution < 1.29 is 9.50 Å². The molecule has 0 aliphatic rings.